The lowest BCUT2D eigenvalue weighted by Gasteiger charge is -2.03. The summed E-state index contributed by atoms with van der Waals surface area (Å²) in [4.78, 5) is 0. The zero-order valence-corrected chi connectivity index (χ0v) is 13.0. The van der Waals surface area contributed by atoms with Crippen molar-refractivity contribution in [3.63, 3.8) is 0 Å². The number of rotatable bonds is 3. The molecule has 2 aromatic rings. The maximum atomic E-state index is 13.9. The normalized spacial score (nSPS) is 9.08. The van der Waals surface area contributed by atoms with Crippen molar-refractivity contribution < 1.29 is 13.5 Å². The highest BCUT2D eigenvalue weighted by Gasteiger charge is 2.08. The van der Waals surface area contributed by atoms with Crippen LogP contribution in [0.3, 0.4) is 0 Å². The van der Waals surface area contributed by atoms with E-state index in [4.69, 9.17) is 10.00 Å². The summed E-state index contributed by atoms with van der Waals surface area (Å²) in [6, 6.07) is 10.7. The van der Waals surface area contributed by atoms with E-state index in [2.05, 4.69) is 23.7 Å². The van der Waals surface area contributed by atoms with Gasteiger partial charge in [-0.3, -0.25) is 0 Å². The van der Waals surface area contributed by atoms with Gasteiger partial charge in [0.2, 0.25) is 0 Å². The summed E-state index contributed by atoms with van der Waals surface area (Å²) in [5.74, 6) is 8.74. The van der Waals surface area contributed by atoms with Crippen molar-refractivity contribution in [1.82, 2.24) is 0 Å². The molecular weight excluding hydrogens is 308 g/mol. The van der Waals surface area contributed by atoms with E-state index in [1.807, 2.05) is 6.92 Å². The molecule has 0 aliphatic carbocycles. The van der Waals surface area contributed by atoms with Crippen LogP contribution in [0, 0.1) is 46.6 Å². The van der Waals surface area contributed by atoms with Gasteiger partial charge in [-0.2, -0.15) is 5.26 Å². The maximum absolute atomic E-state index is 13.9. The Morgan fingerprint density at radius 1 is 0.958 bits per heavy atom. The quantitative estimate of drug-likeness (QED) is 0.800. The minimum atomic E-state index is -0.812. The van der Waals surface area contributed by atoms with Crippen LogP contribution in [0.4, 0.5) is 8.78 Å². The van der Waals surface area contributed by atoms with Crippen LogP contribution in [0.5, 0.6) is 5.75 Å². The summed E-state index contributed by atoms with van der Waals surface area (Å²) < 4.78 is 33.3. The van der Waals surface area contributed by atoms with Gasteiger partial charge in [0.15, 0.2) is 6.07 Å². The third kappa shape index (κ3) is 4.60. The standard InChI is InChI=1S/C20H13F2NO/c1-2-12-24-17-8-5-15(6-9-17)7-10-18-19(21)13-16(4-3-11-23)14-20(18)22/h5-6,8-9,13-14H,2,12H2,1H3. The molecule has 0 aromatic heterocycles. The van der Waals surface area contributed by atoms with Gasteiger partial charge in [-0.1, -0.05) is 24.7 Å². The topological polar surface area (TPSA) is 33.0 Å². The van der Waals surface area contributed by atoms with Crippen molar-refractivity contribution in [1.29, 1.82) is 5.26 Å². The van der Waals surface area contributed by atoms with Gasteiger partial charge in [-0.05, 0) is 42.8 Å². The Morgan fingerprint density at radius 2 is 1.62 bits per heavy atom. The fraction of sp³-hybridized carbons (Fsp3) is 0.150. The third-order valence-electron chi connectivity index (χ3n) is 2.96. The average Bonchev–Trinajstić information content (AvgIpc) is 2.58. The molecule has 0 spiro atoms. The van der Waals surface area contributed by atoms with Crippen molar-refractivity contribution >= 4 is 0 Å². The molecule has 0 fully saturated rings. The Morgan fingerprint density at radius 3 is 2.21 bits per heavy atom. The number of nitrogens with zero attached hydrogens (tertiary/aromatic N) is 1. The molecule has 0 atom stereocenters. The number of hydrogen-bond donors (Lipinski definition) is 0. The fourth-order valence-electron chi connectivity index (χ4n) is 1.85. The predicted molar refractivity (Wildman–Crippen MR) is 87.1 cm³/mol. The van der Waals surface area contributed by atoms with E-state index in [1.165, 1.54) is 0 Å². The first-order valence-electron chi connectivity index (χ1n) is 7.28. The molecule has 2 aromatic carbocycles. The molecule has 0 heterocycles. The summed E-state index contributed by atoms with van der Waals surface area (Å²) in [5.41, 5.74) is 0.379. The molecule has 2 nitrogen and oxygen atoms in total. The first kappa shape index (κ1) is 17.1. The Kier molecular flexibility index (Phi) is 5.95. The fourth-order valence-corrected chi connectivity index (χ4v) is 1.85. The molecule has 0 bridgehead atoms. The smallest absolute Gasteiger partial charge is 0.152 e. The van der Waals surface area contributed by atoms with E-state index in [0.717, 1.165) is 24.3 Å². The lowest BCUT2D eigenvalue weighted by molar-refractivity contribution is 0.317. The monoisotopic (exact) mass is 321 g/mol. The van der Waals surface area contributed by atoms with Crippen molar-refractivity contribution in [2.75, 3.05) is 6.61 Å². The van der Waals surface area contributed by atoms with Crippen LogP contribution < -0.4 is 4.74 Å². The van der Waals surface area contributed by atoms with Crippen molar-refractivity contribution in [3.8, 4) is 35.5 Å². The number of halogens is 2. The van der Waals surface area contributed by atoms with Crippen molar-refractivity contribution in [2.24, 2.45) is 0 Å². The van der Waals surface area contributed by atoms with Crippen LogP contribution >= 0.6 is 0 Å². The van der Waals surface area contributed by atoms with Crippen LogP contribution in [0.1, 0.15) is 30.0 Å². The van der Waals surface area contributed by atoms with E-state index in [-0.39, 0.29) is 11.1 Å². The van der Waals surface area contributed by atoms with Gasteiger partial charge in [0.25, 0.3) is 0 Å². The molecule has 0 saturated carbocycles. The molecule has 0 amide bonds. The number of ether oxygens (including phenoxy) is 1. The van der Waals surface area contributed by atoms with Gasteiger partial charge in [-0.25, -0.2) is 8.78 Å². The molecule has 0 saturated heterocycles. The molecule has 0 N–H and O–H groups in total. The highest BCUT2D eigenvalue weighted by molar-refractivity contribution is 5.48. The molecule has 24 heavy (non-hydrogen) atoms. The molecule has 4 heteroatoms. The zero-order valence-electron chi connectivity index (χ0n) is 13.0. The highest BCUT2D eigenvalue weighted by atomic mass is 19.1. The van der Waals surface area contributed by atoms with Crippen molar-refractivity contribution in [2.45, 2.75) is 13.3 Å². The lowest BCUT2D eigenvalue weighted by Crippen LogP contribution is -1.94. The first-order valence-corrected chi connectivity index (χ1v) is 7.28. The van der Waals surface area contributed by atoms with Crippen LogP contribution in [0.25, 0.3) is 0 Å². The lowest BCUT2D eigenvalue weighted by atomic mass is 10.1. The second-order valence-electron chi connectivity index (χ2n) is 4.80. The highest BCUT2D eigenvalue weighted by Crippen LogP contribution is 2.15. The van der Waals surface area contributed by atoms with Crippen LogP contribution in [0.15, 0.2) is 36.4 Å². The molecule has 0 aliphatic heterocycles. The van der Waals surface area contributed by atoms with E-state index >= 15 is 0 Å². The largest absolute Gasteiger partial charge is 0.494 e. The van der Waals surface area contributed by atoms with E-state index in [1.54, 1.807) is 30.3 Å². The summed E-state index contributed by atoms with van der Waals surface area (Å²) in [7, 11) is 0. The average molecular weight is 321 g/mol. The van der Waals surface area contributed by atoms with E-state index in [0.29, 0.717) is 12.2 Å². The van der Waals surface area contributed by atoms with Gasteiger partial charge < -0.3 is 4.74 Å². The van der Waals surface area contributed by atoms with Crippen LogP contribution in [-0.2, 0) is 0 Å². The Balaban J connectivity index is 2.23. The molecule has 2 rings (SSSR count). The molecule has 0 aliphatic rings. The predicted octanol–water partition coefficient (Wildman–Crippen LogP) is 4.03. The second-order valence-corrected chi connectivity index (χ2v) is 4.80. The minimum absolute atomic E-state index is 0.0922. The zero-order chi connectivity index (χ0) is 17.4. The second kappa shape index (κ2) is 8.37. The van der Waals surface area contributed by atoms with Gasteiger partial charge in [0, 0.05) is 17.0 Å². The van der Waals surface area contributed by atoms with E-state index in [9.17, 15) is 8.78 Å². The maximum Gasteiger partial charge on any atom is 0.152 e. The molecule has 0 radical (unpaired) electrons. The van der Waals surface area contributed by atoms with Gasteiger partial charge >= 0.3 is 0 Å². The minimum Gasteiger partial charge on any atom is -0.494 e. The molecule has 118 valence electrons. The number of nitriles is 1. The third-order valence-corrected chi connectivity index (χ3v) is 2.96. The number of hydrogen-bond acceptors (Lipinski definition) is 2. The van der Waals surface area contributed by atoms with Gasteiger partial charge in [-0.15, -0.1) is 0 Å². The van der Waals surface area contributed by atoms with Crippen molar-refractivity contribution in [3.05, 3.63) is 64.7 Å². The summed E-state index contributed by atoms with van der Waals surface area (Å²) in [5, 5.41) is 8.36. The van der Waals surface area contributed by atoms with Gasteiger partial charge in [0.05, 0.1) is 12.2 Å². The summed E-state index contributed by atoms with van der Waals surface area (Å²) >= 11 is 0. The molecule has 0 unspecified atom stereocenters. The Bertz CT molecular complexity index is 865. The van der Waals surface area contributed by atoms with E-state index < -0.39 is 11.6 Å². The first-order chi connectivity index (χ1) is 11.6. The Hall–Kier alpha value is -3.29. The molecular formula is C20H13F2NO. The SMILES string of the molecule is CCCOc1ccc(C#Cc2c(F)cc(C#CC#N)cc2F)cc1. The van der Waals surface area contributed by atoms with Crippen LogP contribution in [-0.4, -0.2) is 6.61 Å². The summed E-state index contributed by atoms with van der Waals surface area (Å²) in [6.07, 6.45) is 0.912. The summed E-state index contributed by atoms with van der Waals surface area (Å²) in [6.45, 7) is 2.64. The number of benzene rings is 2. The Labute approximate surface area is 139 Å². The van der Waals surface area contributed by atoms with Gasteiger partial charge in [0.1, 0.15) is 17.4 Å². The van der Waals surface area contributed by atoms with Crippen LogP contribution in [0.2, 0.25) is 0 Å².